The van der Waals surface area contributed by atoms with E-state index in [1.54, 1.807) is 0 Å². The van der Waals surface area contributed by atoms with Crippen molar-refractivity contribution in [2.75, 3.05) is 0 Å². The maximum Gasteiger partial charge on any atom is 0.361 e. The highest BCUT2D eigenvalue weighted by atomic mass is 35.5. The smallest absolute Gasteiger partial charge is 0.361 e. The molecule has 0 spiro atoms. The third-order valence-electron chi connectivity index (χ3n) is 1.03. The molecule has 7 nitrogen and oxygen atoms in total. The number of aromatic carboxylic acids is 1. The summed E-state index contributed by atoms with van der Waals surface area (Å²) in [6.07, 6.45) is 0.851. The van der Waals surface area contributed by atoms with Crippen molar-refractivity contribution in [3.05, 3.63) is 22.0 Å². The Morgan fingerprint density at radius 1 is 1.75 bits per heavy atom. The lowest BCUT2D eigenvalue weighted by Crippen LogP contribution is -2.00. The lowest BCUT2D eigenvalue weighted by molar-refractivity contribution is -0.385. The van der Waals surface area contributed by atoms with Crippen LogP contribution in [0, 0.1) is 10.1 Å². The van der Waals surface area contributed by atoms with Gasteiger partial charge >= 0.3 is 11.7 Å². The van der Waals surface area contributed by atoms with Crippen molar-refractivity contribution < 1.29 is 14.8 Å². The summed E-state index contributed by atoms with van der Waals surface area (Å²) < 4.78 is 0. The fourth-order valence-corrected chi connectivity index (χ4v) is 0.576. The van der Waals surface area contributed by atoms with Crippen LogP contribution in [-0.2, 0) is 0 Å². The summed E-state index contributed by atoms with van der Waals surface area (Å²) in [4.78, 5) is 19.5. The van der Waals surface area contributed by atoms with Gasteiger partial charge in [-0.15, -0.1) is 12.4 Å². The standard InChI is InChI=1S/C4H3N3O4.ClH/c8-4(9)3-2(7(10)11)1-5-6-3;/h1H,(H,5,6)(H,8,9);1H. The van der Waals surface area contributed by atoms with Crippen LogP contribution in [0.25, 0.3) is 0 Å². The number of nitrogens with zero attached hydrogens (tertiary/aromatic N) is 2. The molecule has 0 unspecified atom stereocenters. The summed E-state index contributed by atoms with van der Waals surface area (Å²) in [5, 5.41) is 23.6. The van der Waals surface area contributed by atoms with Crippen LogP contribution in [0.15, 0.2) is 6.20 Å². The molecule has 0 radical (unpaired) electrons. The Labute approximate surface area is 72.0 Å². The van der Waals surface area contributed by atoms with Gasteiger partial charge in [-0.2, -0.15) is 5.10 Å². The van der Waals surface area contributed by atoms with E-state index >= 15 is 0 Å². The number of nitro groups is 1. The van der Waals surface area contributed by atoms with Crippen LogP contribution >= 0.6 is 12.4 Å². The van der Waals surface area contributed by atoms with E-state index in [-0.39, 0.29) is 12.4 Å². The van der Waals surface area contributed by atoms with Crippen molar-refractivity contribution in [2.45, 2.75) is 0 Å². The molecule has 0 saturated heterocycles. The van der Waals surface area contributed by atoms with E-state index in [9.17, 15) is 14.9 Å². The Kier molecular flexibility index (Phi) is 3.17. The number of aromatic nitrogens is 2. The normalized spacial score (nSPS) is 8.67. The molecular weight excluding hydrogens is 190 g/mol. The molecule has 0 aliphatic rings. The SMILES string of the molecule is Cl.O=C(O)c1[nH]ncc1[N+](=O)[O-]. The predicted molar refractivity (Wildman–Crippen MR) is 39.4 cm³/mol. The second-order valence-electron chi connectivity index (χ2n) is 1.69. The Morgan fingerprint density at radius 3 is 2.67 bits per heavy atom. The summed E-state index contributed by atoms with van der Waals surface area (Å²) in [5.41, 5.74) is -1.03. The second-order valence-corrected chi connectivity index (χ2v) is 1.69. The lowest BCUT2D eigenvalue weighted by atomic mass is 10.4. The molecule has 0 atom stereocenters. The van der Waals surface area contributed by atoms with Gasteiger partial charge in [-0.25, -0.2) is 4.79 Å². The summed E-state index contributed by atoms with van der Waals surface area (Å²) >= 11 is 0. The first kappa shape index (κ1) is 10.4. The average molecular weight is 194 g/mol. The van der Waals surface area contributed by atoms with Crippen LogP contribution in [0.4, 0.5) is 5.69 Å². The van der Waals surface area contributed by atoms with E-state index in [0.717, 1.165) is 6.20 Å². The number of carbonyl (C=O) groups is 1. The summed E-state index contributed by atoms with van der Waals surface area (Å²) in [5.74, 6) is -1.39. The molecule has 8 heteroatoms. The lowest BCUT2D eigenvalue weighted by Gasteiger charge is -1.86. The quantitative estimate of drug-likeness (QED) is 0.523. The number of carboxylic acid groups (broad SMARTS) is 1. The molecule has 0 aliphatic carbocycles. The van der Waals surface area contributed by atoms with Crippen molar-refractivity contribution in [1.29, 1.82) is 0 Å². The number of halogens is 1. The minimum Gasteiger partial charge on any atom is -0.476 e. The predicted octanol–water partition coefficient (Wildman–Crippen LogP) is 0.438. The zero-order valence-electron chi connectivity index (χ0n) is 5.55. The van der Waals surface area contributed by atoms with E-state index in [1.165, 1.54) is 0 Å². The number of aromatic amines is 1. The number of hydrogen-bond donors (Lipinski definition) is 2. The van der Waals surface area contributed by atoms with Gasteiger partial charge in [0, 0.05) is 0 Å². The van der Waals surface area contributed by atoms with Gasteiger partial charge in [0.15, 0.2) is 0 Å². The molecule has 1 aromatic rings. The Morgan fingerprint density at radius 2 is 2.33 bits per heavy atom. The van der Waals surface area contributed by atoms with Crippen LogP contribution in [0.3, 0.4) is 0 Å². The molecule has 0 aliphatic heterocycles. The highest BCUT2D eigenvalue weighted by Crippen LogP contribution is 2.13. The summed E-state index contributed by atoms with van der Waals surface area (Å²) in [6, 6.07) is 0. The summed E-state index contributed by atoms with van der Waals surface area (Å²) in [7, 11) is 0. The zero-order valence-corrected chi connectivity index (χ0v) is 6.37. The van der Waals surface area contributed by atoms with E-state index in [2.05, 4.69) is 5.10 Å². The molecule has 0 fully saturated rings. The van der Waals surface area contributed by atoms with Crippen LogP contribution < -0.4 is 0 Å². The minimum absolute atomic E-state index is 0. The molecular formula is C4H4ClN3O4. The van der Waals surface area contributed by atoms with Crippen LogP contribution in [-0.4, -0.2) is 26.2 Å². The topological polar surface area (TPSA) is 109 Å². The molecule has 2 N–H and O–H groups in total. The van der Waals surface area contributed by atoms with E-state index in [4.69, 9.17) is 5.11 Å². The average Bonchev–Trinajstić information content (AvgIpc) is 2.32. The molecule has 0 saturated carbocycles. The number of rotatable bonds is 2. The maximum atomic E-state index is 10.2. The van der Waals surface area contributed by atoms with Crippen molar-refractivity contribution in [3.8, 4) is 0 Å². The van der Waals surface area contributed by atoms with Gasteiger partial charge in [0.05, 0.1) is 4.92 Å². The Bertz CT molecular complexity index is 281. The highest BCUT2D eigenvalue weighted by molar-refractivity contribution is 5.89. The highest BCUT2D eigenvalue weighted by Gasteiger charge is 2.21. The first-order valence-corrected chi connectivity index (χ1v) is 2.54. The number of nitrogens with one attached hydrogen (secondary N) is 1. The monoisotopic (exact) mass is 193 g/mol. The van der Waals surface area contributed by atoms with E-state index in [1.807, 2.05) is 5.10 Å². The number of H-pyrrole nitrogens is 1. The minimum atomic E-state index is -1.39. The fraction of sp³-hybridized carbons (Fsp3) is 0. The van der Waals surface area contributed by atoms with Gasteiger partial charge in [0.2, 0.25) is 5.69 Å². The van der Waals surface area contributed by atoms with E-state index < -0.39 is 22.3 Å². The molecule has 0 amide bonds. The molecule has 1 aromatic heterocycles. The largest absolute Gasteiger partial charge is 0.476 e. The molecule has 1 rings (SSSR count). The van der Waals surface area contributed by atoms with Gasteiger partial charge < -0.3 is 5.11 Å². The van der Waals surface area contributed by atoms with E-state index in [0.29, 0.717) is 0 Å². The van der Waals surface area contributed by atoms with Gasteiger partial charge in [-0.3, -0.25) is 15.2 Å². The van der Waals surface area contributed by atoms with Gasteiger partial charge in [-0.1, -0.05) is 0 Å². The molecule has 1 heterocycles. The van der Waals surface area contributed by atoms with Crippen molar-refractivity contribution in [2.24, 2.45) is 0 Å². The second kappa shape index (κ2) is 3.67. The Hall–Kier alpha value is -1.63. The van der Waals surface area contributed by atoms with Crippen molar-refractivity contribution in [1.82, 2.24) is 10.2 Å². The maximum absolute atomic E-state index is 10.2. The molecule has 66 valence electrons. The van der Waals surface area contributed by atoms with Gasteiger partial charge in [0.25, 0.3) is 0 Å². The van der Waals surface area contributed by atoms with Crippen molar-refractivity contribution >= 4 is 24.1 Å². The number of carboxylic acids is 1. The van der Waals surface area contributed by atoms with Gasteiger partial charge in [0.1, 0.15) is 6.20 Å². The van der Waals surface area contributed by atoms with Crippen LogP contribution in [0.5, 0.6) is 0 Å². The van der Waals surface area contributed by atoms with Crippen LogP contribution in [0.2, 0.25) is 0 Å². The first-order valence-electron chi connectivity index (χ1n) is 2.54. The zero-order chi connectivity index (χ0) is 8.43. The van der Waals surface area contributed by atoms with Crippen molar-refractivity contribution in [3.63, 3.8) is 0 Å². The third kappa shape index (κ3) is 1.70. The summed E-state index contributed by atoms with van der Waals surface area (Å²) in [6.45, 7) is 0. The molecule has 0 aromatic carbocycles. The van der Waals surface area contributed by atoms with Crippen LogP contribution in [0.1, 0.15) is 10.5 Å². The molecule has 12 heavy (non-hydrogen) atoms. The number of hydrogen-bond acceptors (Lipinski definition) is 4. The van der Waals surface area contributed by atoms with Gasteiger partial charge in [-0.05, 0) is 0 Å². The fourth-order valence-electron chi connectivity index (χ4n) is 0.576. The Balaban J connectivity index is 0.00000121. The third-order valence-corrected chi connectivity index (χ3v) is 1.03. The molecule has 0 bridgehead atoms. The first-order chi connectivity index (χ1) is 5.13.